The fourth-order valence-electron chi connectivity index (χ4n) is 3.54. The van der Waals surface area contributed by atoms with Gasteiger partial charge in [-0.3, -0.25) is 0 Å². The van der Waals surface area contributed by atoms with Crippen LogP contribution in [0.1, 0.15) is 19.8 Å². The van der Waals surface area contributed by atoms with E-state index < -0.39 is 0 Å². The SMILES string of the molecule is C=CC=C1/C(=C\C)C(CC=C)[C@H](/C=C\CC2C=CC=CC=C2)N1C. The average molecular weight is 319 g/mol. The Bertz CT molecular complexity index is 608. The number of allylic oxidation sites excluding steroid dienone is 12. The average Bonchev–Trinajstić information content (AvgIpc) is 2.77. The number of nitrogens with zero attached hydrogens (tertiary/aromatic N) is 1. The molecule has 1 fully saturated rings. The van der Waals surface area contributed by atoms with Gasteiger partial charge in [0.25, 0.3) is 0 Å². The Morgan fingerprint density at radius 3 is 2.38 bits per heavy atom. The minimum Gasteiger partial charge on any atom is -0.367 e. The highest BCUT2D eigenvalue weighted by Gasteiger charge is 2.35. The number of likely N-dealkylation sites (N-methyl/N-ethyl adjacent to an activating group) is 1. The van der Waals surface area contributed by atoms with E-state index in [-0.39, 0.29) is 0 Å². The van der Waals surface area contributed by atoms with E-state index in [1.165, 1.54) is 11.3 Å². The Morgan fingerprint density at radius 1 is 1.08 bits per heavy atom. The van der Waals surface area contributed by atoms with Gasteiger partial charge in [0.05, 0.1) is 6.04 Å². The first-order chi connectivity index (χ1) is 11.7. The van der Waals surface area contributed by atoms with Crippen molar-refractivity contribution in [1.29, 1.82) is 0 Å². The predicted octanol–water partition coefficient (Wildman–Crippen LogP) is 5.75. The lowest BCUT2D eigenvalue weighted by Crippen LogP contribution is -2.26. The lowest BCUT2D eigenvalue weighted by Gasteiger charge is -2.22. The summed E-state index contributed by atoms with van der Waals surface area (Å²) in [5.41, 5.74) is 2.66. The zero-order valence-electron chi connectivity index (χ0n) is 14.9. The fourth-order valence-corrected chi connectivity index (χ4v) is 3.54. The molecule has 0 amide bonds. The van der Waals surface area contributed by atoms with Crippen molar-refractivity contribution in [2.75, 3.05) is 7.05 Å². The van der Waals surface area contributed by atoms with Crippen LogP contribution in [0.15, 0.2) is 97.3 Å². The summed E-state index contributed by atoms with van der Waals surface area (Å²) in [7, 11) is 2.17. The van der Waals surface area contributed by atoms with Crippen LogP contribution in [-0.4, -0.2) is 18.0 Å². The summed E-state index contributed by atoms with van der Waals surface area (Å²) in [6.45, 7) is 9.94. The Hall–Kier alpha value is -2.28. The first-order valence-corrected chi connectivity index (χ1v) is 8.74. The summed E-state index contributed by atoms with van der Waals surface area (Å²) in [6, 6.07) is 0.372. The molecule has 0 spiro atoms. The first-order valence-electron chi connectivity index (χ1n) is 8.74. The zero-order valence-corrected chi connectivity index (χ0v) is 14.9. The Kier molecular flexibility index (Phi) is 6.87. The Labute approximate surface area is 147 Å². The van der Waals surface area contributed by atoms with Gasteiger partial charge in [0.2, 0.25) is 0 Å². The highest BCUT2D eigenvalue weighted by atomic mass is 15.2. The molecule has 2 atom stereocenters. The van der Waals surface area contributed by atoms with Gasteiger partial charge >= 0.3 is 0 Å². The topological polar surface area (TPSA) is 3.24 Å². The van der Waals surface area contributed by atoms with Crippen molar-refractivity contribution < 1.29 is 0 Å². The molecule has 2 rings (SSSR count). The van der Waals surface area contributed by atoms with Gasteiger partial charge in [-0.15, -0.1) is 6.58 Å². The second-order valence-corrected chi connectivity index (χ2v) is 6.25. The maximum atomic E-state index is 3.95. The standard InChI is InChI=1S/C23H29N/c1-5-13-21-20(7-3)22(14-6-2)24(4)23(21)18-12-17-19-15-10-8-9-11-16-19/h5-12,14-16,18-19,21,23H,1-2,13,17H2,3-4H3/b18-12-,20-7-,22-14?/t21?,23-/m0/s1. The van der Waals surface area contributed by atoms with E-state index in [4.69, 9.17) is 0 Å². The van der Waals surface area contributed by atoms with Crippen LogP contribution >= 0.6 is 0 Å². The van der Waals surface area contributed by atoms with Crippen LogP contribution in [0.5, 0.6) is 0 Å². The molecule has 1 aliphatic carbocycles. The molecular weight excluding hydrogens is 290 g/mol. The molecular formula is C23H29N. The third-order valence-electron chi connectivity index (χ3n) is 4.73. The van der Waals surface area contributed by atoms with E-state index in [1.54, 1.807) is 0 Å². The Balaban J connectivity index is 2.16. The van der Waals surface area contributed by atoms with Gasteiger partial charge in [0.15, 0.2) is 0 Å². The van der Waals surface area contributed by atoms with Crippen molar-refractivity contribution in [2.24, 2.45) is 11.8 Å². The molecule has 0 aromatic heterocycles. The molecule has 0 saturated carbocycles. The van der Waals surface area contributed by atoms with Crippen LogP contribution in [0.3, 0.4) is 0 Å². The summed E-state index contributed by atoms with van der Waals surface area (Å²) < 4.78 is 0. The fraction of sp³-hybridized carbons (Fsp3) is 0.304. The van der Waals surface area contributed by atoms with E-state index in [1.807, 2.05) is 12.2 Å². The molecule has 1 unspecified atom stereocenters. The number of hydrogen-bond acceptors (Lipinski definition) is 1. The summed E-state index contributed by atoms with van der Waals surface area (Å²) in [5.74, 6) is 0.937. The molecule has 1 heteroatoms. The van der Waals surface area contributed by atoms with Crippen molar-refractivity contribution >= 4 is 0 Å². The number of rotatable bonds is 6. The van der Waals surface area contributed by atoms with Crippen molar-refractivity contribution in [1.82, 2.24) is 4.90 Å². The van der Waals surface area contributed by atoms with Crippen LogP contribution in [0.4, 0.5) is 0 Å². The van der Waals surface area contributed by atoms with E-state index in [0.717, 1.165) is 12.8 Å². The molecule has 1 saturated heterocycles. The molecule has 1 nitrogen and oxygen atoms in total. The van der Waals surface area contributed by atoms with Crippen molar-refractivity contribution in [3.8, 4) is 0 Å². The number of hydrogen-bond donors (Lipinski definition) is 0. The Morgan fingerprint density at radius 2 is 1.79 bits per heavy atom. The minimum absolute atomic E-state index is 0.372. The van der Waals surface area contributed by atoms with Gasteiger partial charge < -0.3 is 4.90 Å². The summed E-state index contributed by atoms with van der Waals surface area (Å²) in [5, 5.41) is 0. The molecule has 1 heterocycles. The van der Waals surface area contributed by atoms with Crippen molar-refractivity contribution in [2.45, 2.75) is 25.8 Å². The molecule has 0 aromatic carbocycles. The van der Waals surface area contributed by atoms with Gasteiger partial charge in [-0.05, 0) is 37.3 Å². The third kappa shape index (κ3) is 4.17. The highest BCUT2D eigenvalue weighted by Crippen LogP contribution is 2.39. The lowest BCUT2D eigenvalue weighted by atomic mass is 9.90. The summed E-state index contributed by atoms with van der Waals surface area (Å²) >= 11 is 0. The van der Waals surface area contributed by atoms with Crippen LogP contribution < -0.4 is 0 Å². The molecule has 24 heavy (non-hydrogen) atoms. The largest absolute Gasteiger partial charge is 0.367 e. The van der Waals surface area contributed by atoms with E-state index >= 15 is 0 Å². The van der Waals surface area contributed by atoms with Gasteiger partial charge in [-0.2, -0.15) is 0 Å². The minimum atomic E-state index is 0.372. The van der Waals surface area contributed by atoms with Crippen molar-refractivity contribution in [3.05, 3.63) is 97.3 Å². The second-order valence-electron chi connectivity index (χ2n) is 6.25. The normalized spacial score (nSPS) is 27.5. The molecule has 0 bridgehead atoms. The van der Waals surface area contributed by atoms with Gasteiger partial charge in [0, 0.05) is 18.7 Å². The van der Waals surface area contributed by atoms with Crippen LogP contribution in [0.25, 0.3) is 0 Å². The van der Waals surface area contributed by atoms with Gasteiger partial charge in [-0.1, -0.05) is 73.4 Å². The molecule has 1 aliphatic heterocycles. The van der Waals surface area contributed by atoms with E-state index in [9.17, 15) is 0 Å². The van der Waals surface area contributed by atoms with Crippen LogP contribution in [-0.2, 0) is 0 Å². The highest BCUT2D eigenvalue weighted by molar-refractivity contribution is 5.42. The summed E-state index contributed by atoms with van der Waals surface area (Å²) in [4.78, 5) is 2.36. The lowest BCUT2D eigenvalue weighted by molar-refractivity contribution is 0.355. The van der Waals surface area contributed by atoms with Crippen molar-refractivity contribution in [3.63, 3.8) is 0 Å². The second kappa shape index (κ2) is 9.12. The third-order valence-corrected chi connectivity index (χ3v) is 4.73. The molecule has 2 aliphatic rings. The quantitative estimate of drug-likeness (QED) is 0.563. The molecule has 0 aromatic rings. The van der Waals surface area contributed by atoms with Crippen LogP contribution in [0, 0.1) is 11.8 Å². The molecule has 0 N–H and O–H groups in total. The van der Waals surface area contributed by atoms with E-state index in [0.29, 0.717) is 17.9 Å². The van der Waals surface area contributed by atoms with Gasteiger partial charge in [-0.25, -0.2) is 0 Å². The molecule has 126 valence electrons. The maximum absolute atomic E-state index is 3.95. The molecule has 0 radical (unpaired) electrons. The maximum Gasteiger partial charge on any atom is 0.0542 e. The zero-order chi connectivity index (χ0) is 17.4. The van der Waals surface area contributed by atoms with Gasteiger partial charge in [0.1, 0.15) is 0 Å². The summed E-state index contributed by atoms with van der Waals surface area (Å²) in [6.07, 6.45) is 27.9. The number of likely N-dealkylation sites (tertiary alicyclic amines) is 1. The smallest absolute Gasteiger partial charge is 0.0542 e. The van der Waals surface area contributed by atoms with Crippen LogP contribution in [0.2, 0.25) is 0 Å². The first kappa shape index (κ1) is 18.1. The predicted molar refractivity (Wildman–Crippen MR) is 107 cm³/mol. The van der Waals surface area contributed by atoms with E-state index in [2.05, 4.69) is 92.8 Å². The monoisotopic (exact) mass is 319 g/mol.